The molecule has 32 heavy (non-hydrogen) atoms. The third-order valence-corrected chi connectivity index (χ3v) is 8.15. The molecule has 0 aromatic heterocycles. The zero-order valence-corrected chi connectivity index (χ0v) is 19.8. The predicted molar refractivity (Wildman–Crippen MR) is 126 cm³/mol. The van der Waals surface area contributed by atoms with Crippen molar-refractivity contribution in [3.8, 4) is 11.5 Å². The number of hydrogen-bond donors (Lipinski definition) is 1. The van der Waals surface area contributed by atoms with Crippen LogP contribution < -0.4 is 14.2 Å². The minimum Gasteiger partial charge on any atom is -0.497 e. The van der Waals surface area contributed by atoms with Gasteiger partial charge < -0.3 is 9.47 Å². The topological polar surface area (TPSA) is 64.6 Å². The molecule has 0 unspecified atom stereocenters. The van der Waals surface area contributed by atoms with Gasteiger partial charge in [-0.15, -0.1) is 11.6 Å². The van der Waals surface area contributed by atoms with Crippen LogP contribution >= 0.6 is 11.6 Å². The van der Waals surface area contributed by atoms with Gasteiger partial charge in [0.2, 0.25) is 10.0 Å². The first kappa shape index (κ1) is 22.6. The molecule has 0 spiro atoms. The highest BCUT2D eigenvalue weighted by molar-refractivity contribution is 7.89. The maximum atomic E-state index is 13.6. The van der Waals surface area contributed by atoms with Gasteiger partial charge in [0.15, 0.2) is 0 Å². The van der Waals surface area contributed by atoms with Crippen LogP contribution in [0.2, 0.25) is 0 Å². The zero-order chi connectivity index (χ0) is 23.0. The van der Waals surface area contributed by atoms with Crippen molar-refractivity contribution in [1.29, 1.82) is 0 Å². The van der Waals surface area contributed by atoms with Gasteiger partial charge in [-0.3, -0.25) is 0 Å². The Bertz CT molecular complexity index is 1140. The lowest BCUT2D eigenvalue weighted by Gasteiger charge is -2.40. The third kappa shape index (κ3) is 3.98. The molecule has 4 rings (SSSR count). The summed E-state index contributed by atoms with van der Waals surface area (Å²) in [5, 5.41) is 0. The molecule has 1 fully saturated rings. The second kappa shape index (κ2) is 8.43. The highest BCUT2D eigenvalue weighted by Crippen LogP contribution is 2.59. The van der Waals surface area contributed by atoms with Crippen LogP contribution in [0.25, 0.3) is 0 Å². The Balaban J connectivity index is 1.92. The average Bonchev–Trinajstić information content (AvgIpc) is 3.56. The average molecular weight is 472 g/mol. The molecule has 3 aromatic carbocycles. The van der Waals surface area contributed by atoms with Gasteiger partial charge in [0.05, 0.1) is 24.0 Å². The van der Waals surface area contributed by atoms with Crippen LogP contribution in [0.4, 0.5) is 0 Å². The minimum atomic E-state index is -3.90. The summed E-state index contributed by atoms with van der Waals surface area (Å²) in [5.41, 5.74) is 1.28. The van der Waals surface area contributed by atoms with E-state index < -0.39 is 20.4 Å². The molecular formula is C25H26ClNO4S. The van der Waals surface area contributed by atoms with Crippen LogP contribution in [0.1, 0.15) is 29.5 Å². The fourth-order valence-electron chi connectivity index (χ4n) is 4.04. The maximum Gasteiger partial charge on any atom is 0.241 e. The molecular weight excluding hydrogens is 446 g/mol. The van der Waals surface area contributed by atoms with Crippen molar-refractivity contribution in [3.05, 3.63) is 89.5 Å². The van der Waals surface area contributed by atoms with Crippen molar-refractivity contribution in [1.82, 2.24) is 4.72 Å². The van der Waals surface area contributed by atoms with Gasteiger partial charge in [0.1, 0.15) is 17.0 Å². The van der Waals surface area contributed by atoms with E-state index in [1.165, 1.54) is 0 Å². The van der Waals surface area contributed by atoms with Gasteiger partial charge in [0.25, 0.3) is 0 Å². The van der Waals surface area contributed by atoms with Crippen molar-refractivity contribution in [2.75, 3.05) is 14.2 Å². The Morgan fingerprint density at radius 3 is 1.62 bits per heavy atom. The van der Waals surface area contributed by atoms with Crippen LogP contribution in [0, 0.1) is 6.92 Å². The predicted octanol–water partition coefficient (Wildman–Crippen LogP) is 5.01. The Morgan fingerprint density at radius 1 is 0.812 bits per heavy atom. The van der Waals surface area contributed by atoms with Gasteiger partial charge >= 0.3 is 0 Å². The van der Waals surface area contributed by atoms with E-state index in [-0.39, 0.29) is 4.90 Å². The lowest BCUT2D eigenvalue weighted by atomic mass is 9.79. The Labute approximate surface area is 194 Å². The Kier molecular flexibility index (Phi) is 5.96. The van der Waals surface area contributed by atoms with Gasteiger partial charge in [0, 0.05) is 0 Å². The summed E-state index contributed by atoms with van der Waals surface area (Å²) in [7, 11) is -0.716. The van der Waals surface area contributed by atoms with Crippen molar-refractivity contribution in [2.45, 2.75) is 35.1 Å². The summed E-state index contributed by atoms with van der Waals surface area (Å²) >= 11 is 7.11. The summed E-state index contributed by atoms with van der Waals surface area (Å²) in [6.07, 6.45) is 1.34. The van der Waals surface area contributed by atoms with E-state index in [4.69, 9.17) is 21.1 Å². The summed E-state index contributed by atoms with van der Waals surface area (Å²) in [5.74, 6) is 1.36. The molecule has 1 aliphatic carbocycles. The molecule has 1 N–H and O–H groups in total. The first-order valence-electron chi connectivity index (χ1n) is 10.3. The van der Waals surface area contributed by atoms with Gasteiger partial charge in [-0.1, -0.05) is 42.0 Å². The van der Waals surface area contributed by atoms with E-state index in [1.54, 1.807) is 38.5 Å². The second-order valence-electron chi connectivity index (χ2n) is 8.09. The van der Waals surface area contributed by atoms with Crippen LogP contribution in [-0.4, -0.2) is 27.5 Å². The first-order chi connectivity index (χ1) is 15.2. The second-order valence-corrected chi connectivity index (χ2v) is 10.5. The number of hydrogen-bond acceptors (Lipinski definition) is 4. The molecule has 0 heterocycles. The monoisotopic (exact) mass is 471 g/mol. The molecule has 168 valence electrons. The van der Waals surface area contributed by atoms with Crippen molar-refractivity contribution >= 4 is 21.6 Å². The first-order valence-corrected chi connectivity index (χ1v) is 12.2. The standard InChI is InChI=1S/C25H26ClNO4S/c1-18-4-14-23(15-5-18)32(28,29)27-25(24(26)16-17-24,19-6-10-21(30-2)11-7-19)20-8-12-22(31-3)13-9-20/h4-15,27H,16-17H2,1-3H3. The summed E-state index contributed by atoms with van der Waals surface area (Å²) in [6.45, 7) is 1.92. The SMILES string of the molecule is COc1ccc(C(NS(=O)(=O)c2ccc(C)cc2)(c2ccc(OC)cc2)C2(Cl)CC2)cc1. The van der Waals surface area contributed by atoms with Crippen molar-refractivity contribution in [3.63, 3.8) is 0 Å². The molecule has 0 amide bonds. The van der Waals surface area contributed by atoms with Gasteiger partial charge in [-0.25, -0.2) is 8.42 Å². The number of sulfonamides is 1. The van der Waals surface area contributed by atoms with Gasteiger partial charge in [-0.2, -0.15) is 4.72 Å². The molecule has 0 aliphatic heterocycles. The largest absolute Gasteiger partial charge is 0.497 e. The van der Waals surface area contributed by atoms with Crippen molar-refractivity contribution in [2.24, 2.45) is 0 Å². The molecule has 0 saturated heterocycles. The lowest BCUT2D eigenvalue weighted by molar-refractivity contribution is 0.408. The number of aryl methyl sites for hydroxylation is 1. The van der Waals surface area contributed by atoms with E-state index >= 15 is 0 Å². The Hall–Kier alpha value is -2.54. The minimum absolute atomic E-state index is 0.190. The molecule has 3 aromatic rings. The normalized spacial score (nSPS) is 15.2. The number of nitrogens with one attached hydrogen (secondary N) is 1. The van der Waals surface area contributed by atoms with Crippen LogP contribution in [0.15, 0.2) is 77.7 Å². The molecule has 7 heteroatoms. The Morgan fingerprint density at radius 2 is 1.25 bits per heavy atom. The van der Waals surface area contributed by atoms with E-state index in [1.807, 2.05) is 55.5 Å². The molecule has 0 bridgehead atoms. The van der Waals surface area contributed by atoms with Crippen molar-refractivity contribution < 1.29 is 17.9 Å². The number of rotatable bonds is 8. The lowest BCUT2D eigenvalue weighted by Crippen LogP contribution is -2.54. The highest BCUT2D eigenvalue weighted by Gasteiger charge is 2.61. The number of halogens is 1. The molecule has 5 nitrogen and oxygen atoms in total. The van der Waals surface area contributed by atoms with Gasteiger partial charge in [-0.05, 0) is 67.3 Å². The highest BCUT2D eigenvalue weighted by atomic mass is 35.5. The van der Waals surface area contributed by atoms with Crippen LogP contribution in [0.5, 0.6) is 11.5 Å². The molecule has 0 radical (unpaired) electrons. The number of methoxy groups -OCH3 is 2. The zero-order valence-electron chi connectivity index (χ0n) is 18.3. The van der Waals surface area contributed by atoms with E-state index in [2.05, 4.69) is 4.72 Å². The van der Waals surface area contributed by atoms with E-state index in [9.17, 15) is 8.42 Å². The summed E-state index contributed by atoms with van der Waals surface area (Å²) in [6, 6.07) is 21.5. The molecule has 0 atom stereocenters. The fourth-order valence-corrected chi connectivity index (χ4v) is 5.90. The quantitative estimate of drug-likeness (QED) is 0.469. The number of benzene rings is 3. The number of alkyl halides is 1. The van der Waals surface area contributed by atoms with E-state index in [0.29, 0.717) is 24.3 Å². The summed E-state index contributed by atoms with van der Waals surface area (Å²) < 4.78 is 40.9. The van der Waals surface area contributed by atoms with E-state index in [0.717, 1.165) is 16.7 Å². The van der Waals surface area contributed by atoms with Crippen LogP contribution in [-0.2, 0) is 15.6 Å². The maximum absolute atomic E-state index is 13.6. The fraction of sp³-hybridized carbons (Fsp3) is 0.280. The smallest absolute Gasteiger partial charge is 0.241 e. The van der Waals surface area contributed by atoms with Crippen LogP contribution in [0.3, 0.4) is 0 Å². The molecule has 1 aliphatic rings. The third-order valence-electron chi connectivity index (χ3n) is 6.03. The number of ether oxygens (including phenoxy) is 2. The molecule has 1 saturated carbocycles. The summed E-state index contributed by atoms with van der Waals surface area (Å²) in [4.78, 5) is -0.621.